The van der Waals surface area contributed by atoms with Gasteiger partial charge in [0, 0.05) is 18.3 Å². The van der Waals surface area contributed by atoms with Gasteiger partial charge in [0.25, 0.3) is 5.91 Å². The van der Waals surface area contributed by atoms with Gasteiger partial charge in [-0.3, -0.25) is 9.69 Å². The Bertz CT molecular complexity index is 948. The normalized spacial score (nSPS) is 18.1. The fourth-order valence-electron chi connectivity index (χ4n) is 3.43. The molecule has 0 N–H and O–H groups in total. The van der Waals surface area contributed by atoms with Gasteiger partial charge in [-0.2, -0.15) is 0 Å². The first-order chi connectivity index (χ1) is 13.6. The SMILES string of the molecule is COc1cc(/C=C2\N=C3CCCCCN3C2=O)ccc1OCc1csc(C)n1. The molecule has 0 bridgehead atoms. The van der Waals surface area contributed by atoms with E-state index < -0.39 is 0 Å². The van der Waals surface area contributed by atoms with Crippen molar-refractivity contribution in [2.24, 2.45) is 4.99 Å². The Labute approximate surface area is 168 Å². The Kier molecular flexibility index (Phi) is 5.43. The zero-order valence-corrected chi connectivity index (χ0v) is 16.9. The molecule has 2 aliphatic heterocycles. The van der Waals surface area contributed by atoms with Gasteiger partial charge in [0.05, 0.1) is 17.8 Å². The molecule has 1 saturated heterocycles. The number of amidine groups is 1. The quantitative estimate of drug-likeness (QED) is 0.710. The molecule has 146 valence electrons. The standard InChI is InChI=1S/C21H23N3O3S/c1-14-22-16(13-28-14)12-27-18-8-7-15(11-19(18)26-2)10-17-21(25)24-9-5-3-4-6-20(24)23-17/h7-8,10-11,13H,3-6,9,12H2,1-2H3/b17-10-. The van der Waals surface area contributed by atoms with Gasteiger partial charge in [-0.25, -0.2) is 9.98 Å². The van der Waals surface area contributed by atoms with Gasteiger partial charge in [0.15, 0.2) is 11.5 Å². The fourth-order valence-corrected chi connectivity index (χ4v) is 4.02. The van der Waals surface area contributed by atoms with Crippen LogP contribution < -0.4 is 9.47 Å². The third kappa shape index (κ3) is 3.94. The molecule has 2 aromatic rings. The lowest BCUT2D eigenvalue weighted by Gasteiger charge is -2.14. The van der Waals surface area contributed by atoms with E-state index in [-0.39, 0.29) is 5.91 Å². The number of thiazole rings is 1. The highest BCUT2D eigenvalue weighted by Gasteiger charge is 2.30. The number of methoxy groups -OCH3 is 1. The van der Waals surface area contributed by atoms with Crippen LogP contribution in [0, 0.1) is 6.92 Å². The number of fused-ring (bicyclic) bond motifs is 1. The van der Waals surface area contributed by atoms with Gasteiger partial charge in [-0.1, -0.05) is 12.5 Å². The van der Waals surface area contributed by atoms with E-state index in [1.165, 1.54) is 0 Å². The van der Waals surface area contributed by atoms with Crippen molar-refractivity contribution in [3.8, 4) is 11.5 Å². The Balaban J connectivity index is 1.52. The van der Waals surface area contributed by atoms with Crippen LogP contribution >= 0.6 is 11.3 Å². The average Bonchev–Trinajstić information content (AvgIpc) is 3.14. The van der Waals surface area contributed by atoms with E-state index in [2.05, 4.69) is 9.98 Å². The molecule has 0 atom stereocenters. The van der Waals surface area contributed by atoms with E-state index >= 15 is 0 Å². The number of nitrogens with zero attached hydrogens (tertiary/aromatic N) is 3. The van der Waals surface area contributed by atoms with Gasteiger partial charge >= 0.3 is 0 Å². The van der Waals surface area contributed by atoms with Crippen LogP contribution in [-0.2, 0) is 11.4 Å². The van der Waals surface area contributed by atoms with Crippen molar-refractivity contribution in [1.29, 1.82) is 0 Å². The Morgan fingerprint density at radius 3 is 2.93 bits per heavy atom. The zero-order chi connectivity index (χ0) is 19.5. The lowest BCUT2D eigenvalue weighted by atomic mass is 10.1. The van der Waals surface area contributed by atoms with E-state index in [1.54, 1.807) is 18.4 Å². The van der Waals surface area contributed by atoms with Crippen molar-refractivity contribution in [2.75, 3.05) is 13.7 Å². The second-order valence-electron chi connectivity index (χ2n) is 6.88. The Hall–Kier alpha value is -2.67. The number of amides is 1. The molecule has 6 nitrogen and oxygen atoms in total. The third-order valence-electron chi connectivity index (χ3n) is 4.84. The Morgan fingerprint density at radius 1 is 1.25 bits per heavy atom. The van der Waals surface area contributed by atoms with Gasteiger partial charge in [0.1, 0.15) is 18.1 Å². The summed E-state index contributed by atoms with van der Waals surface area (Å²) in [6.07, 6.45) is 5.97. The number of ether oxygens (including phenoxy) is 2. The summed E-state index contributed by atoms with van der Waals surface area (Å²) in [6, 6.07) is 5.63. The molecule has 1 fully saturated rings. The number of rotatable bonds is 5. The minimum absolute atomic E-state index is 0.00454. The van der Waals surface area contributed by atoms with Crippen LogP contribution in [0.3, 0.4) is 0 Å². The molecule has 0 radical (unpaired) electrons. The second kappa shape index (κ2) is 8.14. The summed E-state index contributed by atoms with van der Waals surface area (Å²) in [6.45, 7) is 3.13. The van der Waals surface area contributed by atoms with Gasteiger partial charge in [-0.15, -0.1) is 11.3 Å². The number of benzene rings is 1. The van der Waals surface area contributed by atoms with Crippen LogP contribution in [0.25, 0.3) is 6.08 Å². The number of aliphatic imine (C=N–C) groups is 1. The first-order valence-corrected chi connectivity index (χ1v) is 10.3. The molecule has 0 saturated carbocycles. The second-order valence-corrected chi connectivity index (χ2v) is 7.94. The number of hydrogen-bond donors (Lipinski definition) is 0. The van der Waals surface area contributed by atoms with Crippen molar-refractivity contribution in [3.05, 3.63) is 45.5 Å². The van der Waals surface area contributed by atoms with Crippen LogP contribution in [0.5, 0.6) is 11.5 Å². The molecular formula is C21H23N3O3S. The highest BCUT2D eigenvalue weighted by Crippen LogP contribution is 2.31. The number of aromatic nitrogens is 1. The van der Waals surface area contributed by atoms with Crippen LogP contribution in [-0.4, -0.2) is 35.3 Å². The summed E-state index contributed by atoms with van der Waals surface area (Å²) < 4.78 is 11.3. The monoisotopic (exact) mass is 397 g/mol. The zero-order valence-electron chi connectivity index (χ0n) is 16.1. The molecule has 7 heteroatoms. The summed E-state index contributed by atoms with van der Waals surface area (Å²) in [4.78, 5) is 23.5. The summed E-state index contributed by atoms with van der Waals surface area (Å²) in [5, 5.41) is 3.00. The molecule has 3 heterocycles. The molecule has 0 spiro atoms. The summed E-state index contributed by atoms with van der Waals surface area (Å²) in [5.74, 6) is 2.16. The molecule has 28 heavy (non-hydrogen) atoms. The van der Waals surface area contributed by atoms with Crippen molar-refractivity contribution in [3.63, 3.8) is 0 Å². The fraction of sp³-hybridized carbons (Fsp3) is 0.381. The van der Waals surface area contributed by atoms with Crippen molar-refractivity contribution in [2.45, 2.75) is 39.2 Å². The smallest absolute Gasteiger partial charge is 0.277 e. The number of aryl methyl sites for hydroxylation is 1. The maximum absolute atomic E-state index is 12.7. The van der Waals surface area contributed by atoms with Crippen LogP contribution in [0.2, 0.25) is 0 Å². The number of hydrogen-bond acceptors (Lipinski definition) is 6. The lowest BCUT2D eigenvalue weighted by molar-refractivity contribution is -0.122. The van der Waals surface area contributed by atoms with Crippen molar-refractivity contribution >= 4 is 29.2 Å². The molecule has 1 amide bonds. The van der Waals surface area contributed by atoms with Crippen LogP contribution in [0.15, 0.2) is 34.3 Å². The largest absolute Gasteiger partial charge is 0.493 e. The number of carbonyl (C=O) groups is 1. The maximum Gasteiger partial charge on any atom is 0.277 e. The van der Waals surface area contributed by atoms with E-state index in [0.29, 0.717) is 23.8 Å². The lowest BCUT2D eigenvalue weighted by Crippen LogP contribution is -2.31. The maximum atomic E-state index is 12.7. The third-order valence-corrected chi connectivity index (χ3v) is 5.66. The summed E-state index contributed by atoms with van der Waals surface area (Å²) in [7, 11) is 1.61. The molecule has 1 aromatic heterocycles. The predicted molar refractivity (Wildman–Crippen MR) is 110 cm³/mol. The minimum atomic E-state index is -0.00454. The molecule has 0 unspecified atom stereocenters. The van der Waals surface area contributed by atoms with Crippen molar-refractivity contribution < 1.29 is 14.3 Å². The topological polar surface area (TPSA) is 64.0 Å². The summed E-state index contributed by atoms with van der Waals surface area (Å²) in [5.41, 5.74) is 2.25. The molecule has 2 aliphatic rings. The minimum Gasteiger partial charge on any atom is -0.493 e. The van der Waals surface area contributed by atoms with Crippen LogP contribution in [0.4, 0.5) is 0 Å². The first-order valence-electron chi connectivity index (χ1n) is 9.47. The summed E-state index contributed by atoms with van der Waals surface area (Å²) >= 11 is 1.60. The average molecular weight is 398 g/mol. The highest BCUT2D eigenvalue weighted by molar-refractivity contribution is 7.09. The highest BCUT2D eigenvalue weighted by atomic mass is 32.1. The number of carbonyl (C=O) groups excluding carboxylic acids is 1. The Morgan fingerprint density at radius 2 is 2.14 bits per heavy atom. The van der Waals surface area contributed by atoms with E-state index in [0.717, 1.165) is 54.3 Å². The van der Waals surface area contributed by atoms with E-state index in [9.17, 15) is 4.79 Å². The molecule has 4 rings (SSSR count). The van der Waals surface area contributed by atoms with Gasteiger partial charge < -0.3 is 9.47 Å². The predicted octanol–water partition coefficient (Wildman–Crippen LogP) is 4.19. The molecule has 0 aliphatic carbocycles. The van der Waals surface area contributed by atoms with E-state index in [4.69, 9.17) is 9.47 Å². The van der Waals surface area contributed by atoms with Gasteiger partial charge in [-0.05, 0) is 43.5 Å². The van der Waals surface area contributed by atoms with Crippen molar-refractivity contribution in [1.82, 2.24) is 9.88 Å². The van der Waals surface area contributed by atoms with E-state index in [1.807, 2.05) is 41.5 Å². The van der Waals surface area contributed by atoms with Crippen LogP contribution in [0.1, 0.15) is 41.9 Å². The first kappa shape index (κ1) is 18.7. The molecular weight excluding hydrogens is 374 g/mol. The van der Waals surface area contributed by atoms with Gasteiger partial charge in [0.2, 0.25) is 0 Å². The molecule has 1 aromatic carbocycles.